The minimum absolute atomic E-state index is 0.259. The van der Waals surface area contributed by atoms with Gasteiger partial charge in [-0.05, 0) is 12.1 Å². The van der Waals surface area contributed by atoms with Crippen LogP contribution in [0.1, 0.15) is 5.56 Å². The summed E-state index contributed by atoms with van der Waals surface area (Å²) in [5.41, 5.74) is 1.86. The molecule has 4 heteroatoms. The highest BCUT2D eigenvalue weighted by Crippen LogP contribution is 2.29. The first-order chi connectivity index (χ1) is 6.74. The highest BCUT2D eigenvalue weighted by Gasteiger charge is 2.09. The average molecular weight is 192 g/mol. The number of hydrogen-bond donors (Lipinski definition) is 2. The van der Waals surface area contributed by atoms with Crippen molar-refractivity contribution in [1.82, 2.24) is 4.57 Å². The third-order valence-electron chi connectivity index (χ3n) is 2.31. The topological polar surface area (TPSA) is 60.4 Å². The van der Waals surface area contributed by atoms with Crippen LogP contribution in [0.2, 0.25) is 0 Å². The van der Waals surface area contributed by atoms with Crippen molar-refractivity contribution in [2.45, 2.75) is 6.61 Å². The molecule has 2 aromatic rings. The summed E-state index contributed by atoms with van der Waals surface area (Å²) >= 11 is 0. The van der Waals surface area contributed by atoms with Crippen LogP contribution in [0.25, 0.3) is 10.9 Å². The van der Waals surface area contributed by atoms with Crippen molar-refractivity contribution in [3.05, 3.63) is 30.0 Å². The third-order valence-corrected chi connectivity index (χ3v) is 2.31. The molecule has 1 heterocycles. The van der Waals surface area contributed by atoms with E-state index in [0.29, 0.717) is 6.61 Å². The Hall–Kier alpha value is -1.52. The number of aromatic hydroxyl groups is 1. The minimum atomic E-state index is 0.259. The minimum Gasteiger partial charge on any atom is -0.507 e. The lowest BCUT2D eigenvalue weighted by Gasteiger charge is -1.99. The molecule has 74 valence electrons. The molecule has 0 aliphatic carbocycles. The molecule has 0 saturated heterocycles. The van der Waals surface area contributed by atoms with E-state index in [0.717, 1.165) is 16.5 Å². The van der Waals surface area contributed by atoms with Crippen LogP contribution in [0.5, 0.6) is 5.75 Å². The molecule has 0 saturated carbocycles. The number of benzene rings is 1. The number of fused-ring (bicyclic) bond motifs is 1. The lowest BCUT2D eigenvalue weighted by atomic mass is 10.1. The molecule has 0 amide bonds. The number of nitrogens with zero attached hydrogens (tertiary/aromatic N) is 1. The Bertz CT molecular complexity index is 462. The second kappa shape index (κ2) is 3.32. The summed E-state index contributed by atoms with van der Waals surface area (Å²) in [6, 6.07) is 5.40. The van der Waals surface area contributed by atoms with E-state index in [4.69, 9.17) is 5.90 Å². The van der Waals surface area contributed by atoms with E-state index >= 15 is 0 Å². The van der Waals surface area contributed by atoms with Crippen molar-refractivity contribution in [2.24, 2.45) is 12.9 Å². The molecule has 0 spiro atoms. The Morgan fingerprint density at radius 2 is 2.29 bits per heavy atom. The number of phenolic OH excluding ortho intramolecular Hbond substituents is 1. The summed E-state index contributed by atoms with van der Waals surface area (Å²) in [6.45, 7) is 0.301. The molecule has 0 radical (unpaired) electrons. The normalized spacial score (nSPS) is 11.0. The van der Waals surface area contributed by atoms with Gasteiger partial charge in [0.2, 0.25) is 0 Å². The first-order valence-electron chi connectivity index (χ1n) is 4.31. The van der Waals surface area contributed by atoms with Crippen molar-refractivity contribution >= 4 is 10.9 Å². The van der Waals surface area contributed by atoms with Gasteiger partial charge in [0, 0.05) is 24.2 Å². The quantitative estimate of drug-likeness (QED) is 0.704. The molecule has 0 unspecified atom stereocenters. The Balaban J connectivity index is 2.72. The fourth-order valence-electron chi connectivity index (χ4n) is 1.72. The summed E-state index contributed by atoms with van der Waals surface area (Å²) < 4.78 is 1.93. The summed E-state index contributed by atoms with van der Waals surface area (Å²) in [7, 11) is 1.92. The van der Waals surface area contributed by atoms with Gasteiger partial charge in [0.25, 0.3) is 0 Å². The van der Waals surface area contributed by atoms with Gasteiger partial charge in [-0.1, -0.05) is 6.07 Å². The SMILES string of the molecule is Cn1cc(CON)c2c(O)cccc21. The van der Waals surface area contributed by atoms with Crippen molar-refractivity contribution in [3.8, 4) is 5.75 Å². The highest BCUT2D eigenvalue weighted by atomic mass is 16.6. The van der Waals surface area contributed by atoms with Crippen LogP contribution < -0.4 is 5.90 Å². The van der Waals surface area contributed by atoms with E-state index in [2.05, 4.69) is 4.84 Å². The molecule has 0 aliphatic heterocycles. The largest absolute Gasteiger partial charge is 0.507 e. The van der Waals surface area contributed by atoms with Gasteiger partial charge in [0.05, 0.1) is 12.1 Å². The van der Waals surface area contributed by atoms with Gasteiger partial charge in [-0.25, -0.2) is 5.90 Å². The van der Waals surface area contributed by atoms with Gasteiger partial charge in [0.15, 0.2) is 0 Å². The van der Waals surface area contributed by atoms with Gasteiger partial charge < -0.3 is 9.67 Å². The Kier molecular flexibility index (Phi) is 2.15. The Labute approximate surface area is 81.5 Å². The zero-order valence-corrected chi connectivity index (χ0v) is 7.90. The van der Waals surface area contributed by atoms with E-state index in [1.807, 2.05) is 29.9 Å². The Morgan fingerprint density at radius 1 is 1.50 bits per heavy atom. The summed E-state index contributed by atoms with van der Waals surface area (Å²) in [6.07, 6.45) is 1.90. The molecule has 2 rings (SSSR count). The molecule has 1 aromatic heterocycles. The first-order valence-corrected chi connectivity index (χ1v) is 4.31. The number of aryl methyl sites for hydroxylation is 1. The average Bonchev–Trinajstić information content (AvgIpc) is 2.46. The van der Waals surface area contributed by atoms with E-state index in [1.54, 1.807) is 6.07 Å². The van der Waals surface area contributed by atoms with Gasteiger partial charge in [0.1, 0.15) is 5.75 Å². The van der Waals surface area contributed by atoms with Crippen LogP contribution in [0.4, 0.5) is 0 Å². The molecule has 0 atom stereocenters. The highest BCUT2D eigenvalue weighted by molar-refractivity contribution is 5.89. The van der Waals surface area contributed by atoms with Crippen LogP contribution in [-0.4, -0.2) is 9.67 Å². The van der Waals surface area contributed by atoms with Crippen molar-refractivity contribution in [2.75, 3.05) is 0 Å². The van der Waals surface area contributed by atoms with Crippen molar-refractivity contribution in [3.63, 3.8) is 0 Å². The zero-order chi connectivity index (χ0) is 10.1. The zero-order valence-electron chi connectivity index (χ0n) is 7.90. The maximum Gasteiger partial charge on any atom is 0.125 e. The van der Waals surface area contributed by atoms with Gasteiger partial charge in [-0.2, -0.15) is 0 Å². The molecule has 0 aliphatic rings. The predicted octanol–water partition coefficient (Wildman–Crippen LogP) is 1.27. The van der Waals surface area contributed by atoms with E-state index in [-0.39, 0.29) is 5.75 Å². The van der Waals surface area contributed by atoms with Crippen molar-refractivity contribution < 1.29 is 9.94 Å². The van der Waals surface area contributed by atoms with Gasteiger partial charge in [-0.3, -0.25) is 4.84 Å². The fraction of sp³-hybridized carbons (Fsp3) is 0.200. The molecular formula is C10H12N2O2. The number of phenols is 1. The summed E-state index contributed by atoms with van der Waals surface area (Å²) in [5.74, 6) is 5.28. The van der Waals surface area contributed by atoms with Crippen LogP contribution in [-0.2, 0) is 18.5 Å². The molecule has 3 N–H and O–H groups in total. The monoisotopic (exact) mass is 192 g/mol. The molecular weight excluding hydrogens is 180 g/mol. The lowest BCUT2D eigenvalue weighted by Crippen LogP contribution is -1.97. The van der Waals surface area contributed by atoms with Crippen LogP contribution in [0.15, 0.2) is 24.4 Å². The summed E-state index contributed by atoms with van der Waals surface area (Å²) in [4.78, 5) is 4.58. The number of nitrogens with two attached hydrogens (primary N) is 1. The van der Waals surface area contributed by atoms with Crippen LogP contribution in [0.3, 0.4) is 0 Å². The molecule has 14 heavy (non-hydrogen) atoms. The van der Waals surface area contributed by atoms with E-state index in [1.165, 1.54) is 0 Å². The second-order valence-electron chi connectivity index (χ2n) is 3.25. The van der Waals surface area contributed by atoms with Gasteiger partial charge in [-0.15, -0.1) is 0 Å². The van der Waals surface area contributed by atoms with E-state index < -0.39 is 0 Å². The second-order valence-corrected chi connectivity index (χ2v) is 3.25. The number of hydrogen-bond acceptors (Lipinski definition) is 3. The fourth-order valence-corrected chi connectivity index (χ4v) is 1.72. The van der Waals surface area contributed by atoms with Crippen LogP contribution in [0, 0.1) is 0 Å². The molecule has 0 fully saturated rings. The maximum atomic E-state index is 9.68. The standard InChI is InChI=1S/C10H12N2O2/c1-12-5-7(6-14-11)10-8(12)3-2-4-9(10)13/h2-5,13H,6,11H2,1H3. The first kappa shape index (κ1) is 9.05. The number of aromatic nitrogens is 1. The van der Waals surface area contributed by atoms with E-state index in [9.17, 15) is 5.11 Å². The Morgan fingerprint density at radius 3 is 3.00 bits per heavy atom. The molecule has 1 aromatic carbocycles. The lowest BCUT2D eigenvalue weighted by molar-refractivity contribution is 0.125. The smallest absolute Gasteiger partial charge is 0.125 e. The third kappa shape index (κ3) is 1.25. The molecule has 0 bridgehead atoms. The molecule has 4 nitrogen and oxygen atoms in total. The maximum absolute atomic E-state index is 9.68. The summed E-state index contributed by atoms with van der Waals surface area (Å²) in [5, 5.41) is 10.5. The van der Waals surface area contributed by atoms with Gasteiger partial charge >= 0.3 is 0 Å². The van der Waals surface area contributed by atoms with Crippen molar-refractivity contribution in [1.29, 1.82) is 0 Å². The predicted molar refractivity (Wildman–Crippen MR) is 53.6 cm³/mol. The van der Waals surface area contributed by atoms with Crippen LogP contribution >= 0.6 is 0 Å². The number of rotatable bonds is 2.